The van der Waals surface area contributed by atoms with Gasteiger partial charge >= 0.3 is 6.01 Å². The lowest BCUT2D eigenvalue weighted by atomic mass is 10.4. The van der Waals surface area contributed by atoms with E-state index < -0.39 is 0 Å². The molecule has 1 N–H and O–H groups in total. The van der Waals surface area contributed by atoms with E-state index in [0.29, 0.717) is 30.8 Å². The Morgan fingerprint density at radius 3 is 2.88 bits per heavy atom. The van der Waals surface area contributed by atoms with Gasteiger partial charge in [-0.15, -0.1) is 11.3 Å². The second-order valence-electron chi connectivity index (χ2n) is 3.14. The first-order valence-corrected chi connectivity index (χ1v) is 6.13. The van der Waals surface area contributed by atoms with Crippen molar-refractivity contribution in [2.45, 2.75) is 13.3 Å². The van der Waals surface area contributed by atoms with Crippen molar-refractivity contribution in [2.75, 3.05) is 19.0 Å². The van der Waals surface area contributed by atoms with Crippen LogP contribution in [-0.4, -0.2) is 33.6 Å². The van der Waals surface area contributed by atoms with Gasteiger partial charge in [-0.3, -0.25) is 0 Å². The third-order valence-corrected chi connectivity index (χ3v) is 2.73. The van der Waals surface area contributed by atoms with Crippen LogP contribution in [-0.2, 0) is 6.42 Å². The lowest BCUT2D eigenvalue weighted by Crippen LogP contribution is -2.07. The summed E-state index contributed by atoms with van der Waals surface area (Å²) in [5, 5.41) is 5.79. The quantitative estimate of drug-likeness (QED) is 0.865. The van der Waals surface area contributed by atoms with Crippen LogP contribution in [0.25, 0.3) is 0 Å². The van der Waals surface area contributed by atoms with Crippen molar-refractivity contribution in [3.63, 3.8) is 0 Å². The van der Waals surface area contributed by atoms with Crippen LogP contribution in [0.3, 0.4) is 0 Å². The summed E-state index contributed by atoms with van der Waals surface area (Å²) in [5.41, 5.74) is 0. The molecule has 0 aromatic carbocycles. The van der Waals surface area contributed by atoms with E-state index in [1.807, 2.05) is 12.3 Å². The molecule has 2 rings (SSSR count). The van der Waals surface area contributed by atoms with Crippen LogP contribution in [0.5, 0.6) is 6.01 Å². The van der Waals surface area contributed by atoms with Gasteiger partial charge in [0.05, 0.1) is 13.0 Å². The van der Waals surface area contributed by atoms with Crippen molar-refractivity contribution in [3.05, 3.63) is 22.4 Å². The van der Waals surface area contributed by atoms with E-state index >= 15 is 0 Å². The van der Waals surface area contributed by atoms with Crippen LogP contribution < -0.4 is 10.1 Å². The summed E-state index contributed by atoms with van der Waals surface area (Å²) in [5.74, 6) is 1.16. The summed E-state index contributed by atoms with van der Waals surface area (Å²) in [7, 11) is 1.76. The average Bonchev–Trinajstić information content (AvgIpc) is 2.82. The molecular weight excluding hydrogens is 238 g/mol. The number of thiazole rings is 1. The van der Waals surface area contributed by atoms with E-state index in [0.717, 1.165) is 5.01 Å². The molecule has 0 unspecified atom stereocenters. The average molecular weight is 251 g/mol. The van der Waals surface area contributed by atoms with Gasteiger partial charge in [-0.25, -0.2) is 4.98 Å². The number of ether oxygens (including phenoxy) is 1. The molecule has 0 fully saturated rings. The zero-order valence-corrected chi connectivity index (χ0v) is 10.5. The van der Waals surface area contributed by atoms with Gasteiger partial charge in [0.2, 0.25) is 5.95 Å². The molecule has 0 spiro atoms. The Balaban J connectivity index is 2.23. The third-order valence-electron chi connectivity index (χ3n) is 1.95. The van der Waals surface area contributed by atoms with Crippen LogP contribution in [0, 0.1) is 0 Å². The molecule has 2 aromatic rings. The molecule has 6 nitrogen and oxygen atoms in total. The molecule has 0 aliphatic heterocycles. The molecule has 0 bridgehead atoms. The number of hydrogen-bond donors (Lipinski definition) is 1. The van der Waals surface area contributed by atoms with Crippen molar-refractivity contribution in [1.82, 2.24) is 19.9 Å². The summed E-state index contributed by atoms with van der Waals surface area (Å²) in [6.45, 7) is 2.42. The number of aromatic nitrogens is 4. The van der Waals surface area contributed by atoms with Crippen molar-refractivity contribution >= 4 is 17.3 Å². The maximum Gasteiger partial charge on any atom is 0.321 e. The standard InChI is InChI=1S/C10H13N5OS/c1-3-16-10-14-7(13-9(11-2)15-10)6-8-12-4-5-17-8/h4-5H,3,6H2,1-2H3,(H,11,13,14,15). The summed E-state index contributed by atoms with van der Waals surface area (Å²) in [6, 6.07) is 0.346. The maximum absolute atomic E-state index is 5.29. The Morgan fingerprint density at radius 2 is 2.24 bits per heavy atom. The van der Waals surface area contributed by atoms with E-state index in [4.69, 9.17) is 4.74 Å². The summed E-state index contributed by atoms with van der Waals surface area (Å²) in [4.78, 5) is 16.8. The Labute approximate surface area is 103 Å². The highest BCUT2D eigenvalue weighted by Gasteiger charge is 2.08. The first kappa shape index (κ1) is 11.7. The molecule has 17 heavy (non-hydrogen) atoms. The van der Waals surface area contributed by atoms with Crippen LogP contribution in [0.4, 0.5) is 5.95 Å². The Hall–Kier alpha value is -1.76. The molecule has 2 aromatic heterocycles. The fraction of sp³-hybridized carbons (Fsp3) is 0.400. The molecule has 2 heterocycles. The minimum absolute atomic E-state index is 0.346. The number of anilines is 1. The number of hydrogen-bond acceptors (Lipinski definition) is 7. The largest absolute Gasteiger partial charge is 0.464 e. The Morgan fingerprint density at radius 1 is 1.35 bits per heavy atom. The van der Waals surface area contributed by atoms with Gasteiger partial charge in [-0.1, -0.05) is 0 Å². The highest BCUT2D eigenvalue weighted by atomic mass is 32.1. The molecule has 0 aliphatic carbocycles. The van der Waals surface area contributed by atoms with E-state index in [2.05, 4.69) is 25.3 Å². The normalized spacial score (nSPS) is 10.2. The van der Waals surface area contributed by atoms with Gasteiger partial charge in [0, 0.05) is 18.6 Å². The number of nitrogens with one attached hydrogen (secondary N) is 1. The smallest absolute Gasteiger partial charge is 0.321 e. The summed E-state index contributed by atoms with van der Waals surface area (Å²) in [6.07, 6.45) is 2.36. The lowest BCUT2D eigenvalue weighted by Gasteiger charge is -2.05. The Kier molecular flexibility index (Phi) is 3.81. The molecule has 0 saturated heterocycles. The van der Waals surface area contributed by atoms with Gasteiger partial charge < -0.3 is 10.1 Å². The predicted molar refractivity (Wildman–Crippen MR) is 65.5 cm³/mol. The van der Waals surface area contributed by atoms with Gasteiger partial charge in [-0.05, 0) is 6.92 Å². The van der Waals surface area contributed by atoms with Gasteiger partial charge in [-0.2, -0.15) is 15.0 Å². The van der Waals surface area contributed by atoms with Crippen LogP contribution in [0.2, 0.25) is 0 Å². The number of rotatable bonds is 5. The fourth-order valence-electron chi connectivity index (χ4n) is 1.26. The van der Waals surface area contributed by atoms with Crippen LogP contribution in [0.1, 0.15) is 17.8 Å². The van der Waals surface area contributed by atoms with E-state index in [-0.39, 0.29) is 0 Å². The number of nitrogens with zero attached hydrogens (tertiary/aromatic N) is 4. The second-order valence-corrected chi connectivity index (χ2v) is 4.12. The molecule has 0 radical (unpaired) electrons. The first-order chi connectivity index (χ1) is 8.31. The van der Waals surface area contributed by atoms with Crippen molar-refractivity contribution in [1.29, 1.82) is 0 Å². The minimum Gasteiger partial charge on any atom is -0.464 e. The first-order valence-electron chi connectivity index (χ1n) is 5.25. The zero-order valence-electron chi connectivity index (χ0n) is 9.67. The van der Waals surface area contributed by atoms with Crippen molar-refractivity contribution in [3.8, 4) is 6.01 Å². The molecule has 0 atom stereocenters. The van der Waals surface area contributed by atoms with Crippen LogP contribution in [0.15, 0.2) is 11.6 Å². The summed E-state index contributed by atoms with van der Waals surface area (Å²) < 4.78 is 5.29. The minimum atomic E-state index is 0.346. The summed E-state index contributed by atoms with van der Waals surface area (Å²) >= 11 is 1.58. The predicted octanol–water partition coefficient (Wildman–Crippen LogP) is 1.36. The van der Waals surface area contributed by atoms with Gasteiger partial charge in [0.1, 0.15) is 10.8 Å². The zero-order chi connectivity index (χ0) is 12.1. The molecule has 0 amide bonds. The van der Waals surface area contributed by atoms with Gasteiger partial charge in [0.25, 0.3) is 0 Å². The molecule has 0 saturated carbocycles. The Bertz CT molecular complexity index is 474. The van der Waals surface area contributed by atoms with Gasteiger partial charge in [0.15, 0.2) is 0 Å². The monoisotopic (exact) mass is 251 g/mol. The van der Waals surface area contributed by atoms with E-state index in [1.54, 1.807) is 24.6 Å². The molecule has 7 heteroatoms. The lowest BCUT2D eigenvalue weighted by molar-refractivity contribution is 0.310. The third kappa shape index (κ3) is 3.10. The molecular formula is C10H13N5OS. The molecule has 0 aliphatic rings. The SMILES string of the molecule is CCOc1nc(Cc2nccs2)nc(NC)n1. The highest BCUT2D eigenvalue weighted by Crippen LogP contribution is 2.12. The van der Waals surface area contributed by atoms with E-state index in [9.17, 15) is 0 Å². The molecule has 90 valence electrons. The maximum atomic E-state index is 5.29. The van der Waals surface area contributed by atoms with Crippen molar-refractivity contribution in [2.24, 2.45) is 0 Å². The van der Waals surface area contributed by atoms with E-state index in [1.165, 1.54) is 0 Å². The fourth-order valence-corrected chi connectivity index (χ4v) is 1.87. The van der Waals surface area contributed by atoms with Crippen LogP contribution >= 0.6 is 11.3 Å². The second kappa shape index (κ2) is 5.53. The topological polar surface area (TPSA) is 72.8 Å². The highest BCUT2D eigenvalue weighted by molar-refractivity contribution is 7.09. The van der Waals surface area contributed by atoms with Crippen molar-refractivity contribution < 1.29 is 4.74 Å².